The summed E-state index contributed by atoms with van der Waals surface area (Å²) in [7, 11) is -35.7. The molecular formula is C59H180O19Si25. The lowest BCUT2D eigenvalue weighted by molar-refractivity contribution is 0.0945. The zero-order valence-corrected chi connectivity index (χ0v) is 106. The molecule has 4 atom stereocenters. The van der Waals surface area contributed by atoms with Crippen LogP contribution >= 0.6 is 0 Å². The van der Waals surface area contributed by atoms with E-state index in [0.717, 1.165) is 5.54 Å². The van der Waals surface area contributed by atoms with Gasteiger partial charge in [0.1, 0.15) is 0 Å². The molecule has 630 valence electrons. The normalized spacial score (nSPS) is 18.8. The Labute approximate surface area is 678 Å². The smallest absolute Gasteiger partial charge is 0.442 e. The predicted molar refractivity (Wildman–Crippen MR) is 518 cm³/mol. The second-order valence-electron chi connectivity index (χ2n) is 37.6. The Morgan fingerprint density at radius 3 is 0.854 bits per heavy atom. The third-order valence-corrected chi connectivity index (χ3v) is 83.1. The highest BCUT2D eigenvalue weighted by Crippen LogP contribution is 2.37. The van der Waals surface area contributed by atoms with Crippen LogP contribution in [0, 0.1) is 0 Å². The molecule has 0 spiro atoms. The van der Waals surface area contributed by atoms with E-state index in [1.54, 1.807) is 0 Å². The van der Waals surface area contributed by atoms with Gasteiger partial charge in [0.15, 0.2) is 106 Å². The Bertz CT molecular complexity index is 2060. The maximum atomic E-state index is 6.32. The van der Waals surface area contributed by atoms with Crippen LogP contribution in [0.3, 0.4) is 0 Å². The van der Waals surface area contributed by atoms with Gasteiger partial charge >= 0.3 is 44.3 Å². The molecule has 0 aromatic heterocycles. The molecule has 0 aromatic carbocycles. The summed E-state index contributed by atoms with van der Waals surface area (Å²) in [5, 5.41) is 0.223. The van der Waals surface area contributed by atoms with Gasteiger partial charge in [0.2, 0.25) is 0 Å². The van der Waals surface area contributed by atoms with Gasteiger partial charge in [0, 0.05) is 33.7 Å². The maximum Gasteiger partial charge on any atom is 0.467 e. The summed E-state index contributed by atoms with van der Waals surface area (Å²) in [6.45, 7) is 119. The van der Waals surface area contributed by atoms with Gasteiger partial charge in [0.25, 0.3) is 46.4 Å². The fourth-order valence-corrected chi connectivity index (χ4v) is 83.9. The van der Waals surface area contributed by atoms with Crippen LogP contribution in [0.1, 0.15) is 55.4 Å². The molecule has 4 unspecified atom stereocenters. The fraction of sp³-hybridized carbons (Fsp3) is 1.00. The van der Waals surface area contributed by atoms with Crippen molar-refractivity contribution in [1.82, 2.24) is 0 Å². The molecule has 1 aliphatic heterocycles. The Morgan fingerprint density at radius 1 is 0.311 bits per heavy atom. The van der Waals surface area contributed by atoms with E-state index < -0.39 is 222 Å². The standard InChI is InChI=1S/C11H34O4Si5.C11H28OSi2.C9H30O4Si5.C9H24OSi2.C8H28O4Si5.C7H20OSi2.C4H16O4Si4/c1-16(12-17(2,3)4)13-20(11,14-18(5,6)7)15-19(8,9)10;1-10(13(4,5)6)11(2,3)12-14(7,8)9;1-14(2)10-17(7,8)13-18(9,11-15(3)4)12-16(5)6;1-8(11(4)5)9(2,3)10-12(6)7;1-13(2)9-16(7)12-17(8,10-14(3)4)11-15(5)6;1-7(2,9(3)4)8-10(5)6;1-9-5-10(2)7-12(4)8-11(3)6-9/h16H,1-11H3;10H,1-9H3;14-16H,1-9H3;8,11-12H,1-7H3;13-16H,1-8H3;9-10H,1-6H3;9-12H,1-4H3. The van der Waals surface area contributed by atoms with E-state index in [4.69, 9.17) is 79.1 Å². The highest BCUT2D eigenvalue weighted by Gasteiger charge is 2.47. The van der Waals surface area contributed by atoms with E-state index >= 15 is 0 Å². The third kappa shape index (κ3) is 72.8. The van der Waals surface area contributed by atoms with Gasteiger partial charge < -0.3 is 79.1 Å². The van der Waals surface area contributed by atoms with Crippen molar-refractivity contribution >= 4 is 222 Å². The van der Waals surface area contributed by atoms with E-state index in [0.29, 0.717) is 5.54 Å². The average molecular weight is 1900 g/mol. The molecule has 0 N–H and O–H groups in total. The summed E-state index contributed by atoms with van der Waals surface area (Å²) >= 11 is 0. The first-order valence-electron chi connectivity index (χ1n) is 39.0. The maximum absolute atomic E-state index is 6.32. The van der Waals surface area contributed by atoms with Crippen LogP contribution in [0.4, 0.5) is 0 Å². The number of hydrogen-bond acceptors (Lipinski definition) is 19. The van der Waals surface area contributed by atoms with Gasteiger partial charge in [-0.05, 0) is 288 Å². The Hall–Kier alpha value is 4.66. The van der Waals surface area contributed by atoms with Crippen LogP contribution in [0.25, 0.3) is 0 Å². The van der Waals surface area contributed by atoms with E-state index in [-0.39, 0.29) is 16.4 Å². The predicted octanol–water partition coefficient (Wildman–Crippen LogP) is 15.9. The van der Waals surface area contributed by atoms with Crippen molar-refractivity contribution in [2.75, 3.05) is 0 Å². The highest BCUT2D eigenvalue weighted by molar-refractivity contribution is 6.88. The first-order valence-corrected chi connectivity index (χ1v) is 106. The van der Waals surface area contributed by atoms with E-state index in [1.807, 2.05) is 45.8 Å². The minimum atomic E-state index is -2.60. The second-order valence-corrected chi connectivity index (χ2v) is 115. The minimum absolute atomic E-state index is 0.0505. The van der Waals surface area contributed by atoms with Crippen LogP contribution in [0.5, 0.6) is 0 Å². The molecule has 0 aliphatic carbocycles. The zero-order chi connectivity index (χ0) is 83.8. The molecule has 19 nitrogen and oxygen atoms in total. The minimum Gasteiger partial charge on any atom is -0.442 e. The van der Waals surface area contributed by atoms with Crippen LogP contribution in [-0.4, -0.2) is 238 Å². The summed E-state index contributed by atoms with van der Waals surface area (Å²) in [5.74, 6) is 0. The van der Waals surface area contributed by atoms with Gasteiger partial charge in [-0.2, -0.15) is 0 Å². The van der Waals surface area contributed by atoms with Crippen molar-refractivity contribution in [3.63, 3.8) is 0 Å². The summed E-state index contributed by atoms with van der Waals surface area (Å²) < 4.78 is 114. The molecule has 0 bridgehead atoms. The van der Waals surface area contributed by atoms with Gasteiger partial charge in [0.05, 0.1) is 28.1 Å². The summed E-state index contributed by atoms with van der Waals surface area (Å²) in [6.07, 6.45) is 0. The van der Waals surface area contributed by atoms with Crippen molar-refractivity contribution in [2.45, 2.75) is 384 Å². The monoisotopic (exact) mass is 1890 g/mol. The zero-order valence-electron chi connectivity index (χ0n) is 78.1. The molecule has 1 rings (SSSR count). The van der Waals surface area contributed by atoms with Crippen molar-refractivity contribution in [3.8, 4) is 0 Å². The molecule has 1 fully saturated rings. The van der Waals surface area contributed by atoms with Crippen molar-refractivity contribution in [3.05, 3.63) is 0 Å². The first-order chi connectivity index (χ1) is 45.2. The van der Waals surface area contributed by atoms with Crippen LogP contribution in [0.15, 0.2) is 0 Å². The Morgan fingerprint density at radius 2 is 0.621 bits per heavy atom. The van der Waals surface area contributed by atoms with Crippen LogP contribution in [0.2, 0.25) is 312 Å². The molecular weight excluding hydrogens is 1710 g/mol. The fourth-order valence-electron chi connectivity index (χ4n) is 11.0. The molecule has 1 saturated heterocycles. The molecule has 1 heterocycles. The Kier molecular flexibility index (Phi) is 61.2. The van der Waals surface area contributed by atoms with Crippen molar-refractivity contribution in [2.24, 2.45) is 0 Å². The largest absolute Gasteiger partial charge is 0.467 e. The molecule has 0 amide bonds. The molecule has 0 saturated carbocycles. The first kappa shape index (κ1) is 119. The molecule has 1 aliphatic rings. The van der Waals surface area contributed by atoms with Crippen molar-refractivity contribution in [1.29, 1.82) is 0 Å². The highest BCUT2D eigenvalue weighted by atomic mass is 28.5. The summed E-state index contributed by atoms with van der Waals surface area (Å²) in [6, 6.07) is 0. The quantitative estimate of drug-likeness (QED) is 0.0547. The average Bonchev–Trinajstić information content (AvgIpc) is 0.832. The topological polar surface area (TPSA) is 175 Å². The van der Waals surface area contributed by atoms with Gasteiger partial charge in [-0.3, -0.25) is 0 Å². The third-order valence-electron chi connectivity index (χ3n) is 14.5. The summed E-state index contributed by atoms with van der Waals surface area (Å²) in [4.78, 5) is 0. The van der Waals surface area contributed by atoms with Crippen LogP contribution < -0.4 is 0 Å². The summed E-state index contributed by atoms with van der Waals surface area (Å²) in [5.41, 5.74) is 1.64. The number of rotatable bonds is 35. The SMILES string of the molecule is CC(C(C)(C)O[Si](C)(C)C)[Si](C)(C)C.CC([SiH](C)C)C(C)(C)O[SiH](C)C.C[SiH](C)OC(C)(C)[SiH](C)C.C[SiH](C)O[SiH](C)O[Si](C)(O[SiH](C)C)O[SiH](C)C.C[SiH](C)O[Si](C)(C)O[Si](C)(O[SiH](C)C)O[SiH](C)C.C[SiH](O[Si](C)(C)C)O[Si](C)(O[Si](C)(C)C)O[Si](C)(C)C.C[SiH]1O[SiH](C)O[SiH](C)O[SiH](C)O1. The van der Waals surface area contributed by atoms with Gasteiger partial charge in [-0.15, -0.1) is 0 Å². The van der Waals surface area contributed by atoms with Crippen LogP contribution in [-0.2, 0) is 79.1 Å². The van der Waals surface area contributed by atoms with Gasteiger partial charge in [-0.1, -0.05) is 59.7 Å². The van der Waals surface area contributed by atoms with E-state index in [9.17, 15) is 0 Å². The number of hydrogen-bond donors (Lipinski definition) is 0. The Balaban J connectivity index is -0.000000269. The van der Waals surface area contributed by atoms with Gasteiger partial charge in [-0.25, -0.2) is 0 Å². The molecule has 0 aromatic rings. The lowest BCUT2D eigenvalue weighted by Crippen LogP contribution is -2.57. The molecule has 44 heteroatoms. The lowest BCUT2D eigenvalue weighted by atomic mass is 10.1. The van der Waals surface area contributed by atoms with E-state index in [2.05, 4.69) is 311 Å². The van der Waals surface area contributed by atoms with E-state index in [1.165, 1.54) is 0 Å². The molecule has 103 heavy (non-hydrogen) atoms. The second kappa shape index (κ2) is 53.2. The lowest BCUT2D eigenvalue weighted by Gasteiger charge is -2.43. The van der Waals surface area contributed by atoms with Crippen molar-refractivity contribution < 1.29 is 79.1 Å². The molecule has 0 radical (unpaired) electrons.